The van der Waals surface area contributed by atoms with Gasteiger partial charge < -0.3 is 14.8 Å². The molecule has 1 aromatic heterocycles. The van der Waals surface area contributed by atoms with Gasteiger partial charge in [0.2, 0.25) is 0 Å². The van der Waals surface area contributed by atoms with Crippen molar-refractivity contribution in [1.29, 1.82) is 0 Å². The molecule has 92 valence electrons. The van der Waals surface area contributed by atoms with E-state index in [-0.39, 0.29) is 11.3 Å². The molecule has 0 fully saturated rings. The van der Waals surface area contributed by atoms with Crippen LogP contribution in [0.4, 0.5) is 0 Å². The van der Waals surface area contributed by atoms with Gasteiger partial charge in [-0.25, -0.2) is 4.79 Å². The standard InChI is InChI=1S/C13H11NO4/c1-7(13(17)18)10-11(15)8-5-3-4-6-9(8)14(2)12(10)16/h3-6,15H,1H2,2H3,(H,17,18). The Balaban J connectivity index is 2.96. The van der Waals surface area contributed by atoms with Crippen molar-refractivity contribution in [3.63, 3.8) is 0 Å². The van der Waals surface area contributed by atoms with Gasteiger partial charge >= 0.3 is 5.97 Å². The Morgan fingerprint density at radius 3 is 2.56 bits per heavy atom. The number of carboxylic acids is 1. The summed E-state index contributed by atoms with van der Waals surface area (Å²) in [5.74, 6) is -1.68. The Bertz CT molecular complexity index is 728. The lowest BCUT2D eigenvalue weighted by Gasteiger charge is -2.11. The van der Waals surface area contributed by atoms with E-state index >= 15 is 0 Å². The molecule has 0 bridgehead atoms. The van der Waals surface area contributed by atoms with Crippen LogP contribution >= 0.6 is 0 Å². The first-order valence-corrected chi connectivity index (χ1v) is 5.18. The molecule has 0 aliphatic carbocycles. The van der Waals surface area contributed by atoms with Crippen molar-refractivity contribution in [2.75, 3.05) is 0 Å². The fourth-order valence-electron chi connectivity index (χ4n) is 1.86. The van der Waals surface area contributed by atoms with E-state index in [2.05, 4.69) is 6.58 Å². The summed E-state index contributed by atoms with van der Waals surface area (Å²) in [5.41, 5.74) is -0.747. The number of hydrogen-bond donors (Lipinski definition) is 2. The third-order valence-corrected chi connectivity index (χ3v) is 2.84. The summed E-state index contributed by atoms with van der Waals surface area (Å²) in [6.07, 6.45) is 0. The van der Waals surface area contributed by atoms with Crippen LogP contribution in [-0.2, 0) is 11.8 Å². The summed E-state index contributed by atoms with van der Waals surface area (Å²) in [5, 5.41) is 19.3. The van der Waals surface area contributed by atoms with E-state index in [4.69, 9.17) is 5.11 Å². The molecule has 0 atom stereocenters. The maximum absolute atomic E-state index is 12.0. The number of rotatable bonds is 2. The number of aryl methyl sites for hydroxylation is 1. The Morgan fingerprint density at radius 2 is 1.94 bits per heavy atom. The van der Waals surface area contributed by atoms with Gasteiger partial charge in [0, 0.05) is 12.4 Å². The van der Waals surface area contributed by atoms with Crippen molar-refractivity contribution in [2.45, 2.75) is 0 Å². The SMILES string of the molecule is C=C(C(=O)O)c1c(O)c2ccccc2n(C)c1=O. The highest BCUT2D eigenvalue weighted by atomic mass is 16.4. The second-order valence-electron chi connectivity index (χ2n) is 3.89. The number of benzene rings is 1. The van der Waals surface area contributed by atoms with E-state index in [1.165, 1.54) is 11.6 Å². The fraction of sp³-hybridized carbons (Fsp3) is 0.0769. The van der Waals surface area contributed by atoms with Gasteiger partial charge in [-0.05, 0) is 12.1 Å². The van der Waals surface area contributed by atoms with Gasteiger partial charge in [0.25, 0.3) is 5.56 Å². The second-order valence-corrected chi connectivity index (χ2v) is 3.89. The number of carboxylic acid groups (broad SMARTS) is 1. The number of fused-ring (bicyclic) bond motifs is 1. The minimum Gasteiger partial charge on any atom is -0.506 e. The Labute approximate surface area is 102 Å². The minimum absolute atomic E-state index is 0.274. The molecule has 1 heterocycles. The molecule has 0 spiro atoms. The van der Waals surface area contributed by atoms with E-state index in [0.717, 1.165) is 0 Å². The lowest BCUT2D eigenvalue weighted by atomic mass is 10.0. The predicted molar refractivity (Wildman–Crippen MR) is 67.5 cm³/mol. The van der Waals surface area contributed by atoms with Crippen molar-refractivity contribution in [1.82, 2.24) is 4.57 Å². The van der Waals surface area contributed by atoms with Crippen molar-refractivity contribution >= 4 is 22.4 Å². The summed E-state index contributed by atoms with van der Waals surface area (Å²) in [4.78, 5) is 22.9. The molecule has 5 nitrogen and oxygen atoms in total. The first-order valence-electron chi connectivity index (χ1n) is 5.18. The summed E-state index contributed by atoms with van der Waals surface area (Å²) in [7, 11) is 1.52. The molecule has 18 heavy (non-hydrogen) atoms. The second kappa shape index (κ2) is 4.03. The number of aliphatic carboxylic acids is 1. The molecule has 1 aromatic carbocycles. The van der Waals surface area contributed by atoms with Crippen LogP contribution in [0.2, 0.25) is 0 Å². The minimum atomic E-state index is -1.34. The average molecular weight is 245 g/mol. The number of pyridine rings is 1. The molecule has 0 aliphatic rings. The largest absolute Gasteiger partial charge is 0.506 e. The third kappa shape index (κ3) is 1.57. The molecule has 0 amide bonds. The summed E-state index contributed by atoms with van der Waals surface area (Å²) in [6, 6.07) is 6.71. The fourth-order valence-corrected chi connectivity index (χ4v) is 1.86. The molecule has 2 N–H and O–H groups in total. The molecule has 0 saturated carbocycles. The first kappa shape index (κ1) is 11.9. The summed E-state index contributed by atoms with van der Waals surface area (Å²) >= 11 is 0. The van der Waals surface area contributed by atoms with Crippen molar-refractivity contribution < 1.29 is 15.0 Å². The van der Waals surface area contributed by atoms with E-state index < -0.39 is 17.1 Å². The van der Waals surface area contributed by atoms with E-state index in [9.17, 15) is 14.7 Å². The van der Waals surface area contributed by atoms with E-state index in [1.807, 2.05) is 0 Å². The zero-order valence-corrected chi connectivity index (χ0v) is 9.67. The van der Waals surface area contributed by atoms with Crippen LogP contribution in [0.1, 0.15) is 5.56 Å². The molecular weight excluding hydrogens is 234 g/mol. The number of aromatic nitrogens is 1. The topological polar surface area (TPSA) is 79.5 Å². The van der Waals surface area contributed by atoms with Gasteiger partial charge in [-0.1, -0.05) is 18.7 Å². The Kier molecular flexibility index (Phi) is 2.67. The van der Waals surface area contributed by atoms with Gasteiger partial charge in [0.1, 0.15) is 5.75 Å². The molecule has 2 aromatic rings. The van der Waals surface area contributed by atoms with Crippen molar-refractivity contribution in [3.8, 4) is 5.75 Å². The van der Waals surface area contributed by atoms with Crippen LogP contribution in [0.3, 0.4) is 0 Å². The van der Waals surface area contributed by atoms with Crippen LogP contribution in [0.25, 0.3) is 16.5 Å². The average Bonchev–Trinajstić information content (AvgIpc) is 2.36. The monoisotopic (exact) mass is 245 g/mol. The molecule has 5 heteroatoms. The first-order chi connectivity index (χ1) is 8.45. The number of aromatic hydroxyl groups is 1. The van der Waals surface area contributed by atoms with E-state index in [0.29, 0.717) is 10.9 Å². The number of hydrogen-bond acceptors (Lipinski definition) is 3. The molecule has 2 rings (SSSR count). The quantitative estimate of drug-likeness (QED) is 0.782. The van der Waals surface area contributed by atoms with Crippen LogP contribution in [0.15, 0.2) is 35.6 Å². The van der Waals surface area contributed by atoms with Crippen molar-refractivity contribution in [3.05, 3.63) is 46.8 Å². The van der Waals surface area contributed by atoms with Crippen LogP contribution in [0.5, 0.6) is 5.75 Å². The lowest BCUT2D eigenvalue weighted by Crippen LogP contribution is -2.22. The molecule has 0 radical (unpaired) electrons. The number of nitrogens with zero attached hydrogens (tertiary/aromatic N) is 1. The Morgan fingerprint density at radius 1 is 1.33 bits per heavy atom. The maximum Gasteiger partial charge on any atom is 0.336 e. The highest BCUT2D eigenvalue weighted by Gasteiger charge is 2.20. The highest BCUT2D eigenvalue weighted by molar-refractivity contribution is 6.16. The summed E-state index contributed by atoms with van der Waals surface area (Å²) in [6.45, 7) is 3.32. The highest BCUT2D eigenvalue weighted by Crippen LogP contribution is 2.29. The zero-order valence-electron chi connectivity index (χ0n) is 9.67. The Hall–Kier alpha value is -2.56. The zero-order chi connectivity index (χ0) is 13.4. The predicted octanol–water partition coefficient (Wildman–Crippen LogP) is 1.34. The van der Waals surface area contributed by atoms with Crippen LogP contribution < -0.4 is 5.56 Å². The molecular formula is C13H11NO4. The van der Waals surface area contributed by atoms with Gasteiger partial charge in [0.15, 0.2) is 0 Å². The molecule has 0 aliphatic heterocycles. The number of carbonyl (C=O) groups is 1. The normalized spacial score (nSPS) is 10.5. The van der Waals surface area contributed by atoms with Crippen LogP contribution in [-0.4, -0.2) is 20.7 Å². The van der Waals surface area contributed by atoms with Crippen LogP contribution in [0, 0.1) is 0 Å². The van der Waals surface area contributed by atoms with Gasteiger partial charge in [-0.15, -0.1) is 0 Å². The smallest absolute Gasteiger partial charge is 0.336 e. The summed E-state index contributed by atoms with van der Waals surface area (Å²) < 4.78 is 1.29. The third-order valence-electron chi connectivity index (χ3n) is 2.84. The molecule has 0 unspecified atom stereocenters. The number of para-hydroxylation sites is 1. The lowest BCUT2D eigenvalue weighted by molar-refractivity contribution is -0.130. The molecule has 0 saturated heterocycles. The van der Waals surface area contributed by atoms with Gasteiger partial charge in [0.05, 0.1) is 16.7 Å². The van der Waals surface area contributed by atoms with Crippen molar-refractivity contribution in [2.24, 2.45) is 7.05 Å². The van der Waals surface area contributed by atoms with Gasteiger partial charge in [-0.2, -0.15) is 0 Å². The maximum atomic E-state index is 12.0. The van der Waals surface area contributed by atoms with E-state index in [1.54, 1.807) is 24.3 Å². The van der Waals surface area contributed by atoms with Gasteiger partial charge in [-0.3, -0.25) is 4.79 Å².